The summed E-state index contributed by atoms with van der Waals surface area (Å²) in [4.78, 5) is 0. The molecule has 10 heteroatoms. The van der Waals surface area contributed by atoms with Crippen LogP contribution in [0.15, 0.2) is 0 Å². The van der Waals surface area contributed by atoms with Crippen LogP contribution in [-0.4, -0.2) is 55.7 Å². The van der Waals surface area contributed by atoms with Crippen LogP contribution in [0.3, 0.4) is 0 Å². The van der Waals surface area contributed by atoms with Crippen molar-refractivity contribution in [2.45, 2.75) is 71.1 Å². The van der Waals surface area contributed by atoms with E-state index in [1.165, 1.54) is 57.8 Å². The van der Waals surface area contributed by atoms with Crippen molar-refractivity contribution in [2.24, 2.45) is 0 Å². The van der Waals surface area contributed by atoms with Gasteiger partial charge in [0.25, 0.3) is 0 Å². The first-order chi connectivity index (χ1) is 11.4. The summed E-state index contributed by atoms with van der Waals surface area (Å²) < 4.78 is 44.6. The SMILES string of the molecule is CCCCCCCCCCCCOCCOCCO.O=S(=O)([O-])[O-].[K+].[K+]. The first-order valence-electron chi connectivity index (χ1n) is 8.84. The van der Waals surface area contributed by atoms with Crippen molar-refractivity contribution in [3.05, 3.63) is 0 Å². The van der Waals surface area contributed by atoms with Crippen LogP contribution in [0, 0.1) is 0 Å². The van der Waals surface area contributed by atoms with E-state index < -0.39 is 10.4 Å². The van der Waals surface area contributed by atoms with Crippen LogP contribution < -0.4 is 103 Å². The molecule has 26 heavy (non-hydrogen) atoms. The summed E-state index contributed by atoms with van der Waals surface area (Å²) in [5, 5.41) is 8.50. The Balaban J connectivity index is -0.000000304. The Bertz CT molecular complexity index is 307. The molecule has 0 aromatic rings. The molecule has 0 saturated carbocycles. The van der Waals surface area contributed by atoms with Crippen LogP contribution in [0.25, 0.3) is 0 Å². The minimum absolute atomic E-state index is 0. The number of aliphatic hydroxyl groups is 1. The average molecular weight is 449 g/mol. The van der Waals surface area contributed by atoms with Crippen LogP contribution in [0.4, 0.5) is 0 Å². The number of hydrogen-bond donors (Lipinski definition) is 1. The first-order valence-corrected chi connectivity index (χ1v) is 10.2. The fraction of sp³-hybridized carbons (Fsp3) is 1.00. The second-order valence-corrected chi connectivity index (χ2v) is 6.36. The standard InChI is InChI=1S/C16H34O3.2K.H2O4S/c1-2-3-4-5-6-7-8-9-10-11-13-18-15-16-19-14-12-17;;;1-5(2,3)4/h17H,2-16H2,1H3;;;(H2,1,2,3,4)/q;2*+1;/p-2. The van der Waals surface area contributed by atoms with Crippen molar-refractivity contribution in [2.75, 3.05) is 33.0 Å². The Morgan fingerprint density at radius 2 is 1.04 bits per heavy atom. The molecular formula is C16H34K2O7S. The van der Waals surface area contributed by atoms with Gasteiger partial charge in [-0.2, -0.15) is 0 Å². The summed E-state index contributed by atoms with van der Waals surface area (Å²) >= 11 is 0. The van der Waals surface area contributed by atoms with Gasteiger partial charge in [0, 0.05) is 17.0 Å². The van der Waals surface area contributed by atoms with E-state index in [1.807, 2.05) is 0 Å². The topological polar surface area (TPSA) is 119 Å². The summed E-state index contributed by atoms with van der Waals surface area (Å²) in [5.41, 5.74) is 0. The molecule has 0 aliphatic heterocycles. The molecular weight excluding hydrogens is 414 g/mol. The van der Waals surface area contributed by atoms with Crippen molar-refractivity contribution in [3.63, 3.8) is 0 Å². The first kappa shape index (κ1) is 36.4. The number of aliphatic hydroxyl groups excluding tert-OH is 1. The zero-order valence-corrected chi connectivity index (χ0v) is 24.0. The van der Waals surface area contributed by atoms with Crippen molar-refractivity contribution in [1.29, 1.82) is 0 Å². The molecule has 0 atom stereocenters. The summed E-state index contributed by atoms with van der Waals surface area (Å²) in [6, 6.07) is 0. The Morgan fingerprint density at radius 3 is 1.42 bits per heavy atom. The summed E-state index contributed by atoms with van der Waals surface area (Å²) in [6.07, 6.45) is 13.6. The number of ether oxygens (including phenoxy) is 2. The zero-order valence-electron chi connectivity index (χ0n) is 16.9. The van der Waals surface area contributed by atoms with Gasteiger partial charge in [-0.15, -0.1) is 0 Å². The molecule has 0 fully saturated rings. The molecule has 1 N–H and O–H groups in total. The minimum Gasteiger partial charge on any atom is -0.759 e. The van der Waals surface area contributed by atoms with Crippen molar-refractivity contribution in [1.82, 2.24) is 0 Å². The molecule has 148 valence electrons. The molecule has 0 spiro atoms. The Kier molecular flexibility index (Phi) is 42.3. The van der Waals surface area contributed by atoms with Gasteiger partial charge in [-0.25, -0.2) is 0 Å². The summed E-state index contributed by atoms with van der Waals surface area (Å²) in [6.45, 7) is 4.87. The van der Waals surface area contributed by atoms with Crippen molar-refractivity contribution >= 4 is 10.4 Å². The Morgan fingerprint density at radius 1 is 0.692 bits per heavy atom. The maximum absolute atomic E-state index is 8.52. The predicted octanol–water partition coefficient (Wildman–Crippen LogP) is -3.40. The van der Waals surface area contributed by atoms with E-state index in [-0.39, 0.29) is 109 Å². The van der Waals surface area contributed by atoms with Gasteiger partial charge in [0.1, 0.15) is 0 Å². The van der Waals surface area contributed by atoms with Gasteiger partial charge in [0.2, 0.25) is 0 Å². The van der Waals surface area contributed by atoms with Gasteiger partial charge in [-0.3, -0.25) is 8.42 Å². The largest absolute Gasteiger partial charge is 1.00 e. The van der Waals surface area contributed by atoms with Gasteiger partial charge < -0.3 is 23.7 Å². The van der Waals surface area contributed by atoms with E-state index in [0.717, 1.165) is 13.0 Å². The van der Waals surface area contributed by atoms with Crippen molar-refractivity contribution in [3.8, 4) is 0 Å². The van der Waals surface area contributed by atoms with E-state index in [9.17, 15) is 0 Å². The van der Waals surface area contributed by atoms with Gasteiger partial charge in [-0.05, 0) is 6.42 Å². The summed E-state index contributed by atoms with van der Waals surface area (Å²) in [5.74, 6) is 0. The van der Waals surface area contributed by atoms with Crippen LogP contribution in [-0.2, 0) is 19.9 Å². The molecule has 0 aliphatic rings. The molecule has 0 unspecified atom stereocenters. The van der Waals surface area contributed by atoms with Gasteiger partial charge in [-0.1, -0.05) is 64.7 Å². The molecule has 0 aromatic heterocycles. The fourth-order valence-electron chi connectivity index (χ4n) is 2.08. The fourth-order valence-corrected chi connectivity index (χ4v) is 2.08. The monoisotopic (exact) mass is 448 g/mol. The maximum atomic E-state index is 8.52. The Hall–Kier alpha value is 3.02. The molecule has 7 nitrogen and oxygen atoms in total. The van der Waals surface area contributed by atoms with E-state index >= 15 is 0 Å². The minimum atomic E-state index is -5.17. The average Bonchev–Trinajstić information content (AvgIpc) is 2.49. The van der Waals surface area contributed by atoms with Gasteiger partial charge in [0.15, 0.2) is 0 Å². The van der Waals surface area contributed by atoms with Gasteiger partial charge in [0.05, 0.1) is 26.4 Å². The zero-order chi connectivity index (χ0) is 18.5. The third kappa shape index (κ3) is 50.6. The summed E-state index contributed by atoms with van der Waals surface area (Å²) in [7, 11) is -5.17. The maximum Gasteiger partial charge on any atom is 1.00 e. The van der Waals surface area contributed by atoms with Crippen LogP contribution in [0.1, 0.15) is 71.1 Å². The van der Waals surface area contributed by atoms with Crippen LogP contribution in [0.5, 0.6) is 0 Å². The van der Waals surface area contributed by atoms with E-state index in [1.54, 1.807) is 0 Å². The Labute approximate surface area is 245 Å². The van der Waals surface area contributed by atoms with Crippen LogP contribution >= 0.6 is 0 Å². The molecule has 0 saturated heterocycles. The predicted molar refractivity (Wildman–Crippen MR) is 91.0 cm³/mol. The molecule has 0 heterocycles. The second-order valence-electron chi connectivity index (χ2n) is 5.54. The van der Waals surface area contributed by atoms with E-state index in [4.69, 9.17) is 32.1 Å². The second kappa shape index (κ2) is 30.2. The van der Waals surface area contributed by atoms with E-state index in [2.05, 4.69) is 6.92 Å². The number of hydrogen-bond acceptors (Lipinski definition) is 7. The van der Waals surface area contributed by atoms with E-state index in [0.29, 0.717) is 19.8 Å². The third-order valence-electron chi connectivity index (χ3n) is 3.25. The molecule has 0 aromatic carbocycles. The molecule has 0 radical (unpaired) electrons. The van der Waals surface area contributed by atoms with Gasteiger partial charge >= 0.3 is 103 Å². The third-order valence-corrected chi connectivity index (χ3v) is 3.25. The number of unbranched alkanes of at least 4 members (excludes halogenated alkanes) is 9. The quantitative estimate of drug-likeness (QED) is 0.113. The molecule has 0 amide bonds. The molecule has 0 rings (SSSR count). The van der Waals surface area contributed by atoms with Crippen molar-refractivity contribution < 1.29 is 135 Å². The number of rotatable bonds is 16. The smallest absolute Gasteiger partial charge is 0.759 e. The normalized spacial score (nSPS) is 10.3. The van der Waals surface area contributed by atoms with Crippen LogP contribution in [0.2, 0.25) is 0 Å². The molecule has 0 bridgehead atoms. The molecule has 0 aliphatic carbocycles.